The second-order valence-corrected chi connectivity index (χ2v) is 9.77. The summed E-state index contributed by atoms with van der Waals surface area (Å²) in [5, 5.41) is 3.24. The van der Waals surface area contributed by atoms with Crippen LogP contribution in [0, 0.1) is 17.4 Å². The van der Waals surface area contributed by atoms with Gasteiger partial charge in [0, 0.05) is 28.5 Å². The quantitative estimate of drug-likeness (QED) is 0.585. The molecule has 1 amide bonds. The molecule has 0 heterocycles. The Hall–Kier alpha value is -3.00. The molecule has 1 aliphatic rings. The third kappa shape index (κ3) is 4.12. The summed E-state index contributed by atoms with van der Waals surface area (Å²) in [6.45, 7) is 20.0. The molecule has 0 atom stereocenters. The molecular weight excluding hydrogens is 388 g/mol. The van der Waals surface area contributed by atoms with Crippen molar-refractivity contribution < 1.29 is 14.3 Å². The van der Waals surface area contributed by atoms with E-state index in [0.29, 0.717) is 28.7 Å². The van der Waals surface area contributed by atoms with Crippen LogP contribution < -0.4 is 14.8 Å². The van der Waals surface area contributed by atoms with Crippen LogP contribution in [0.2, 0.25) is 0 Å². The monoisotopic (exact) mass is 420 g/mol. The van der Waals surface area contributed by atoms with Crippen LogP contribution in [-0.4, -0.2) is 25.2 Å². The Labute approximate surface area is 185 Å². The Bertz CT molecular complexity index is 984. The summed E-state index contributed by atoms with van der Waals surface area (Å²) in [5.41, 5.74) is 1.79. The van der Waals surface area contributed by atoms with Crippen LogP contribution in [0.5, 0.6) is 11.5 Å². The minimum Gasteiger partial charge on any atom is -0.508 e. The van der Waals surface area contributed by atoms with Crippen molar-refractivity contribution in [2.75, 3.05) is 7.11 Å². The predicted octanol–water partition coefficient (Wildman–Crippen LogP) is 5.98. The first kappa shape index (κ1) is 22.7. The minimum atomic E-state index is -0.275. The van der Waals surface area contributed by atoms with E-state index in [9.17, 15) is 4.79 Å². The first-order valence-electron chi connectivity index (χ1n) is 10.6. The summed E-state index contributed by atoms with van der Waals surface area (Å²) < 4.78 is 11.7. The van der Waals surface area contributed by atoms with Crippen LogP contribution in [0.25, 0.3) is 4.85 Å². The molecule has 0 bridgehead atoms. The van der Waals surface area contributed by atoms with Gasteiger partial charge in [-0.3, -0.25) is 4.79 Å². The molecule has 1 saturated carbocycles. The van der Waals surface area contributed by atoms with Crippen molar-refractivity contribution >= 4 is 11.6 Å². The minimum absolute atomic E-state index is 0.0494. The third-order valence-corrected chi connectivity index (χ3v) is 6.48. The Morgan fingerprint density at radius 2 is 1.68 bits per heavy atom. The third-order valence-electron chi connectivity index (χ3n) is 6.48. The number of rotatable bonds is 6. The molecule has 5 nitrogen and oxygen atoms in total. The highest BCUT2D eigenvalue weighted by molar-refractivity contribution is 5.94. The lowest BCUT2D eigenvalue weighted by Crippen LogP contribution is -2.74. The van der Waals surface area contributed by atoms with Crippen molar-refractivity contribution in [2.24, 2.45) is 10.8 Å². The maximum Gasteiger partial charge on any atom is 0.251 e. The maximum atomic E-state index is 12.9. The largest absolute Gasteiger partial charge is 0.508 e. The topological polar surface area (TPSA) is 51.9 Å². The lowest BCUT2D eigenvalue weighted by atomic mass is 9.49. The second kappa shape index (κ2) is 8.26. The molecule has 0 radical (unpaired) electrons. The van der Waals surface area contributed by atoms with Crippen LogP contribution in [0.3, 0.4) is 0 Å². The second-order valence-electron chi connectivity index (χ2n) is 9.77. The van der Waals surface area contributed by atoms with Crippen LogP contribution in [0.1, 0.15) is 63.4 Å². The zero-order valence-electron chi connectivity index (χ0n) is 19.4. The van der Waals surface area contributed by atoms with E-state index in [1.165, 1.54) is 5.56 Å². The molecule has 5 heteroatoms. The van der Waals surface area contributed by atoms with E-state index in [-0.39, 0.29) is 28.9 Å². The number of nitrogens with one attached hydrogen (secondary N) is 1. The molecule has 0 saturated heterocycles. The molecule has 3 rings (SSSR count). The van der Waals surface area contributed by atoms with Gasteiger partial charge in [-0.1, -0.05) is 53.7 Å². The zero-order chi connectivity index (χ0) is 23.0. The number of hydrogen-bond acceptors (Lipinski definition) is 3. The van der Waals surface area contributed by atoms with E-state index in [0.717, 1.165) is 0 Å². The highest BCUT2D eigenvalue weighted by Crippen LogP contribution is 2.55. The fourth-order valence-electron chi connectivity index (χ4n) is 4.99. The van der Waals surface area contributed by atoms with Crippen molar-refractivity contribution in [2.45, 2.75) is 59.6 Å². The van der Waals surface area contributed by atoms with Gasteiger partial charge in [0.1, 0.15) is 17.6 Å². The molecule has 2 aromatic rings. The number of ether oxygens (including phenoxy) is 2. The summed E-state index contributed by atoms with van der Waals surface area (Å²) >= 11 is 0. The fourth-order valence-corrected chi connectivity index (χ4v) is 4.99. The highest BCUT2D eigenvalue weighted by Gasteiger charge is 2.64. The maximum absolute atomic E-state index is 12.9. The molecule has 0 aliphatic heterocycles. The van der Waals surface area contributed by atoms with Crippen LogP contribution in [0.15, 0.2) is 42.5 Å². The molecule has 0 spiro atoms. The highest BCUT2D eigenvalue weighted by atomic mass is 16.5. The molecule has 1 fully saturated rings. The lowest BCUT2D eigenvalue weighted by molar-refractivity contribution is -0.164. The Morgan fingerprint density at radius 3 is 2.19 bits per heavy atom. The van der Waals surface area contributed by atoms with Gasteiger partial charge in [-0.25, -0.2) is 4.85 Å². The van der Waals surface area contributed by atoms with Crippen LogP contribution in [0.4, 0.5) is 5.69 Å². The van der Waals surface area contributed by atoms with Crippen LogP contribution in [-0.2, 0) is 0 Å². The summed E-state index contributed by atoms with van der Waals surface area (Å²) in [5.74, 6) is 1.52. The van der Waals surface area contributed by atoms with Crippen molar-refractivity contribution in [3.8, 4) is 11.5 Å². The first-order valence-corrected chi connectivity index (χ1v) is 10.6. The number of hydrogen-bond donors (Lipinski definition) is 1. The summed E-state index contributed by atoms with van der Waals surface area (Å²) in [4.78, 5) is 16.4. The van der Waals surface area contributed by atoms with E-state index < -0.39 is 0 Å². The van der Waals surface area contributed by atoms with E-state index in [4.69, 9.17) is 16.0 Å². The molecule has 31 heavy (non-hydrogen) atoms. The first-order chi connectivity index (χ1) is 14.5. The zero-order valence-corrected chi connectivity index (χ0v) is 19.4. The van der Waals surface area contributed by atoms with Gasteiger partial charge in [-0.05, 0) is 35.7 Å². The van der Waals surface area contributed by atoms with E-state index >= 15 is 0 Å². The summed E-state index contributed by atoms with van der Waals surface area (Å²) in [7, 11) is 1.55. The summed E-state index contributed by atoms with van der Waals surface area (Å²) in [6.07, 6.45) is -0.114. The van der Waals surface area contributed by atoms with Gasteiger partial charge in [-0.15, -0.1) is 0 Å². The van der Waals surface area contributed by atoms with E-state index in [1.807, 2.05) is 24.3 Å². The number of benzene rings is 2. The molecule has 2 aromatic carbocycles. The van der Waals surface area contributed by atoms with Crippen LogP contribution >= 0.6 is 0 Å². The van der Waals surface area contributed by atoms with Gasteiger partial charge >= 0.3 is 0 Å². The van der Waals surface area contributed by atoms with E-state index in [1.54, 1.807) is 25.3 Å². The average molecular weight is 421 g/mol. The fraction of sp³-hybridized carbons (Fsp3) is 0.462. The number of carbonyl (C=O) groups excluding carboxylic acids is 1. The smallest absolute Gasteiger partial charge is 0.251 e. The average Bonchev–Trinajstić information content (AvgIpc) is 2.74. The number of methoxy groups -OCH3 is 1. The normalized spacial score (nSPS) is 21.0. The number of carbonyl (C=O) groups is 1. The van der Waals surface area contributed by atoms with E-state index in [2.05, 4.69) is 51.7 Å². The molecule has 164 valence electrons. The lowest BCUT2D eigenvalue weighted by Gasteiger charge is -2.63. The van der Waals surface area contributed by atoms with Gasteiger partial charge in [-0.2, -0.15) is 0 Å². The van der Waals surface area contributed by atoms with Crippen molar-refractivity contribution in [1.82, 2.24) is 5.32 Å². The van der Waals surface area contributed by atoms with Crippen molar-refractivity contribution in [1.29, 1.82) is 0 Å². The van der Waals surface area contributed by atoms with Gasteiger partial charge in [0.25, 0.3) is 5.91 Å². The van der Waals surface area contributed by atoms with Gasteiger partial charge in [0.15, 0.2) is 0 Å². The Balaban J connectivity index is 1.75. The molecule has 1 N–H and O–H groups in total. The van der Waals surface area contributed by atoms with Gasteiger partial charge < -0.3 is 14.8 Å². The number of amides is 1. The van der Waals surface area contributed by atoms with Crippen molar-refractivity contribution in [3.05, 3.63) is 65.0 Å². The predicted molar refractivity (Wildman–Crippen MR) is 123 cm³/mol. The van der Waals surface area contributed by atoms with Gasteiger partial charge in [0.05, 0.1) is 13.7 Å². The Kier molecular flexibility index (Phi) is 6.04. The standard InChI is InChI=1S/C26H32N2O3/c1-16(2)17-9-11-18(12-10-17)22(29)28-23-25(3,4)24(26(23,5)6)31-19-13-14-20(27-7)21(15-19)30-8/h9-16,23-24H,1-6,8H3,(H,28,29). The molecule has 0 unspecified atom stereocenters. The molecule has 1 aliphatic carbocycles. The molecular formula is C26H32N2O3. The van der Waals surface area contributed by atoms with Gasteiger partial charge in [0.2, 0.25) is 5.69 Å². The number of nitrogens with zero attached hydrogens (tertiary/aromatic N) is 1. The Morgan fingerprint density at radius 1 is 1.06 bits per heavy atom. The molecule has 0 aromatic heterocycles. The van der Waals surface area contributed by atoms with Crippen molar-refractivity contribution in [3.63, 3.8) is 0 Å². The summed E-state index contributed by atoms with van der Waals surface area (Å²) in [6, 6.07) is 13.0. The SMILES string of the molecule is [C-]#[N+]c1ccc(OC2C(C)(C)C(NC(=O)c3ccc(C(C)C)cc3)C2(C)C)cc1OC.